The van der Waals surface area contributed by atoms with Gasteiger partial charge in [-0.1, -0.05) is 23.8 Å². The zero-order chi connectivity index (χ0) is 26.6. The smallest absolute Gasteiger partial charge is 0.352 e. The quantitative estimate of drug-likeness (QED) is 0.388. The van der Waals surface area contributed by atoms with Crippen LogP contribution in [0.1, 0.15) is 64.4 Å². The second-order valence-corrected chi connectivity index (χ2v) is 10.2. The lowest BCUT2D eigenvalue weighted by Gasteiger charge is -2.29. The highest BCUT2D eigenvalue weighted by Gasteiger charge is 2.26. The first-order valence-corrected chi connectivity index (χ1v) is 13.2. The lowest BCUT2D eigenvalue weighted by Crippen LogP contribution is -2.29. The minimum Gasteiger partial charge on any atom is -0.477 e. The number of benzene rings is 1. The molecule has 8 nitrogen and oxygen atoms in total. The molecule has 1 unspecified atom stereocenters. The molecule has 2 aromatic heterocycles. The van der Waals surface area contributed by atoms with E-state index >= 15 is 0 Å². The number of aryl methyl sites for hydroxylation is 2. The topological polar surface area (TPSA) is 111 Å². The predicted octanol–water partition coefficient (Wildman–Crippen LogP) is 5.71. The van der Waals surface area contributed by atoms with E-state index in [2.05, 4.69) is 17.1 Å². The van der Waals surface area contributed by atoms with Crippen LogP contribution in [-0.4, -0.2) is 39.4 Å². The predicted molar refractivity (Wildman–Crippen MR) is 141 cm³/mol. The van der Waals surface area contributed by atoms with Crippen molar-refractivity contribution < 1.29 is 23.8 Å². The Bertz CT molecular complexity index is 1380. The number of aromatic nitrogens is 2. The number of carboxylic acids is 1. The van der Waals surface area contributed by atoms with Crippen molar-refractivity contribution in [1.29, 1.82) is 5.26 Å². The molecule has 1 N–H and O–H groups in total. The van der Waals surface area contributed by atoms with Crippen LogP contribution in [0, 0.1) is 31.1 Å². The highest BCUT2D eigenvalue weighted by molar-refractivity contribution is 5.87. The number of carboxylic acid groups (broad SMARTS) is 1. The summed E-state index contributed by atoms with van der Waals surface area (Å²) in [6.45, 7) is 5.21. The maximum absolute atomic E-state index is 11.8. The highest BCUT2D eigenvalue weighted by atomic mass is 16.5. The third-order valence-corrected chi connectivity index (χ3v) is 7.39. The molecule has 0 spiro atoms. The third-order valence-electron chi connectivity index (χ3n) is 7.39. The molecule has 8 heteroatoms. The van der Waals surface area contributed by atoms with Gasteiger partial charge in [-0.05, 0) is 75.8 Å². The number of hydrogen-bond donors (Lipinski definition) is 1. The molecule has 38 heavy (non-hydrogen) atoms. The fraction of sp³-hybridized carbons (Fsp3) is 0.433. The van der Waals surface area contributed by atoms with E-state index in [0.717, 1.165) is 59.5 Å². The van der Waals surface area contributed by atoms with Crippen molar-refractivity contribution in [2.24, 2.45) is 5.92 Å². The lowest BCUT2D eigenvalue weighted by atomic mass is 9.95. The number of allylic oxidation sites excluding steroid dienone is 1. The van der Waals surface area contributed by atoms with E-state index in [0.29, 0.717) is 32.1 Å². The summed E-state index contributed by atoms with van der Waals surface area (Å²) in [5.41, 5.74) is 4.92. The van der Waals surface area contributed by atoms with Crippen LogP contribution in [0.5, 0.6) is 0 Å². The van der Waals surface area contributed by atoms with Gasteiger partial charge >= 0.3 is 5.97 Å². The first kappa shape index (κ1) is 26.0. The summed E-state index contributed by atoms with van der Waals surface area (Å²) >= 11 is 0. The average molecular weight is 516 g/mol. The van der Waals surface area contributed by atoms with E-state index in [9.17, 15) is 15.2 Å². The van der Waals surface area contributed by atoms with E-state index in [4.69, 9.17) is 13.9 Å². The van der Waals surface area contributed by atoms with Crippen LogP contribution in [0.2, 0.25) is 0 Å². The third kappa shape index (κ3) is 5.74. The zero-order valence-electron chi connectivity index (χ0n) is 21.9. The molecule has 3 aromatic rings. The summed E-state index contributed by atoms with van der Waals surface area (Å²) in [6.07, 6.45) is 8.12. The molecular weight excluding hydrogens is 482 g/mol. The Morgan fingerprint density at radius 2 is 2.05 bits per heavy atom. The zero-order valence-corrected chi connectivity index (χ0v) is 21.9. The van der Waals surface area contributed by atoms with Crippen molar-refractivity contribution in [2.75, 3.05) is 6.61 Å². The van der Waals surface area contributed by atoms with Gasteiger partial charge in [-0.25, -0.2) is 9.78 Å². The molecule has 0 saturated heterocycles. The maximum atomic E-state index is 11.8. The number of ether oxygens (including phenoxy) is 2. The Kier molecular flexibility index (Phi) is 7.77. The standard InChI is InChI=1S/C30H33N3O5/c1-19-5-3-6-22(13-19)29-32-26(20(2)38-29)18-37-25-8-4-7-24(16-25)36-12-11-33-27-10-9-21(17-31)14-23(27)15-28(33)30(34)35/h3,5-6,9-10,13,15,21,24-25H,4,7-8,11-12,14,16,18H2,1-2H3,(H,34,35)/t21?,24-,25+/m1/s1. The summed E-state index contributed by atoms with van der Waals surface area (Å²) in [5.74, 6) is 0.192. The van der Waals surface area contributed by atoms with Gasteiger partial charge in [-0.3, -0.25) is 0 Å². The van der Waals surface area contributed by atoms with Crippen LogP contribution in [-0.2, 0) is 29.0 Å². The minimum atomic E-state index is -0.971. The summed E-state index contributed by atoms with van der Waals surface area (Å²) in [6, 6.07) is 12.0. The summed E-state index contributed by atoms with van der Waals surface area (Å²) in [5, 5.41) is 18.9. The molecule has 0 radical (unpaired) electrons. The van der Waals surface area contributed by atoms with Crippen molar-refractivity contribution in [1.82, 2.24) is 9.55 Å². The van der Waals surface area contributed by atoms with Crippen LogP contribution >= 0.6 is 0 Å². The van der Waals surface area contributed by atoms with E-state index in [1.165, 1.54) is 0 Å². The van der Waals surface area contributed by atoms with E-state index in [-0.39, 0.29) is 23.8 Å². The Morgan fingerprint density at radius 3 is 2.82 bits per heavy atom. The monoisotopic (exact) mass is 515 g/mol. The van der Waals surface area contributed by atoms with Gasteiger partial charge < -0.3 is 23.6 Å². The van der Waals surface area contributed by atoms with Gasteiger partial charge in [0.2, 0.25) is 5.89 Å². The van der Waals surface area contributed by atoms with Crippen LogP contribution in [0.4, 0.5) is 0 Å². The van der Waals surface area contributed by atoms with Crippen molar-refractivity contribution in [3.8, 4) is 17.5 Å². The van der Waals surface area contributed by atoms with Gasteiger partial charge in [0.25, 0.3) is 0 Å². The second kappa shape index (κ2) is 11.4. The largest absolute Gasteiger partial charge is 0.477 e. The van der Waals surface area contributed by atoms with Crippen molar-refractivity contribution in [3.63, 3.8) is 0 Å². The highest BCUT2D eigenvalue weighted by Crippen LogP contribution is 2.29. The number of carbonyl (C=O) groups is 1. The molecule has 2 aliphatic rings. The SMILES string of the molecule is Cc1cccc(-c2nc(CO[C@H]3CCC[C@@H](OCCn4c(C(=O)O)cc5c4C=CC(C#N)C5)C3)c(C)o2)c1. The first-order chi connectivity index (χ1) is 18.4. The molecule has 0 aliphatic heterocycles. The summed E-state index contributed by atoms with van der Waals surface area (Å²) in [4.78, 5) is 16.5. The fourth-order valence-corrected chi connectivity index (χ4v) is 5.38. The molecule has 1 aromatic carbocycles. The van der Waals surface area contributed by atoms with Crippen molar-refractivity contribution in [3.05, 3.63) is 70.4 Å². The Morgan fingerprint density at radius 1 is 1.24 bits per heavy atom. The van der Waals surface area contributed by atoms with Crippen molar-refractivity contribution >= 4 is 12.0 Å². The summed E-state index contributed by atoms with van der Waals surface area (Å²) < 4.78 is 20.1. The molecule has 3 atom stereocenters. The molecule has 2 heterocycles. The first-order valence-electron chi connectivity index (χ1n) is 13.2. The summed E-state index contributed by atoms with van der Waals surface area (Å²) in [7, 11) is 0. The molecule has 2 aliphatic carbocycles. The van der Waals surface area contributed by atoms with Crippen molar-refractivity contribution in [2.45, 2.75) is 71.3 Å². The minimum absolute atomic E-state index is 0.0631. The molecular formula is C30H33N3O5. The van der Waals surface area contributed by atoms with Crippen LogP contribution in [0.25, 0.3) is 17.5 Å². The number of hydrogen-bond acceptors (Lipinski definition) is 6. The van der Waals surface area contributed by atoms with Crippen LogP contribution in [0.3, 0.4) is 0 Å². The molecule has 0 amide bonds. The van der Waals surface area contributed by atoms with Crippen LogP contribution in [0.15, 0.2) is 40.8 Å². The number of nitriles is 1. The van der Waals surface area contributed by atoms with Gasteiger partial charge in [-0.2, -0.15) is 5.26 Å². The second-order valence-electron chi connectivity index (χ2n) is 10.2. The number of fused-ring (bicyclic) bond motifs is 1. The van der Waals surface area contributed by atoms with Gasteiger partial charge in [0.1, 0.15) is 17.1 Å². The Balaban J connectivity index is 1.15. The molecule has 1 saturated carbocycles. The number of oxazole rings is 1. The van der Waals surface area contributed by atoms with Gasteiger partial charge in [0.05, 0.1) is 37.4 Å². The maximum Gasteiger partial charge on any atom is 0.352 e. The Labute approximate surface area is 222 Å². The van der Waals surface area contributed by atoms with E-state index in [1.54, 1.807) is 10.6 Å². The van der Waals surface area contributed by atoms with Crippen LogP contribution < -0.4 is 0 Å². The number of rotatable bonds is 9. The van der Waals surface area contributed by atoms with E-state index < -0.39 is 5.97 Å². The molecule has 5 rings (SSSR count). The fourth-order valence-electron chi connectivity index (χ4n) is 5.38. The Hall–Kier alpha value is -3.67. The van der Waals surface area contributed by atoms with E-state index in [1.807, 2.05) is 44.2 Å². The molecule has 0 bridgehead atoms. The normalized spacial score (nSPS) is 20.7. The number of aromatic carboxylic acids is 1. The molecule has 1 fully saturated rings. The van der Waals surface area contributed by atoms with Gasteiger partial charge in [0, 0.05) is 17.8 Å². The number of nitrogens with zero attached hydrogens (tertiary/aromatic N) is 3. The lowest BCUT2D eigenvalue weighted by molar-refractivity contribution is -0.0525. The van der Waals surface area contributed by atoms with Gasteiger partial charge in [0.15, 0.2) is 0 Å². The van der Waals surface area contributed by atoms with Gasteiger partial charge in [-0.15, -0.1) is 0 Å². The molecule has 198 valence electrons. The average Bonchev–Trinajstić information content (AvgIpc) is 3.47.